The third kappa shape index (κ3) is 7.43. The number of hydrogen-bond acceptors (Lipinski definition) is 5. The molecule has 0 radical (unpaired) electrons. The first kappa shape index (κ1) is 27.0. The largest absolute Gasteiger partial charge is 0.452 e. The van der Waals surface area contributed by atoms with Gasteiger partial charge in [-0.2, -0.15) is 0 Å². The number of ether oxygens (including phenoxy) is 1. The highest BCUT2D eigenvalue weighted by Gasteiger charge is 2.31. The summed E-state index contributed by atoms with van der Waals surface area (Å²) in [6.45, 7) is 4.26. The van der Waals surface area contributed by atoms with Gasteiger partial charge in [0.15, 0.2) is 11.9 Å². The zero-order chi connectivity index (χ0) is 25.4. The predicted molar refractivity (Wildman–Crippen MR) is 135 cm³/mol. The van der Waals surface area contributed by atoms with E-state index in [-0.39, 0.29) is 24.8 Å². The molecule has 0 fully saturated rings. The SMILES string of the molecule is CCC(CC)C(CNCC(=O)c1ccc(Cl)s1)C(=O)OC(c1cccc(F)c1)c1cccc(F)c1. The maximum atomic E-state index is 14.0. The van der Waals surface area contributed by atoms with E-state index in [0.29, 0.717) is 20.3 Å². The van der Waals surface area contributed by atoms with Crippen molar-refractivity contribution in [3.05, 3.63) is 92.6 Å². The van der Waals surface area contributed by atoms with E-state index in [4.69, 9.17) is 16.3 Å². The Bertz CT molecular complexity index is 1100. The lowest BCUT2D eigenvalue weighted by Gasteiger charge is -2.27. The van der Waals surface area contributed by atoms with Crippen LogP contribution in [0.2, 0.25) is 4.34 Å². The standard InChI is InChI=1S/C27H28ClF2NO3S/c1-3-17(4-2)22(15-31-16-23(32)24-11-12-25(28)35-24)27(33)34-26(18-7-5-9-20(29)13-18)19-8-6-10-21(30)14-19/h5-14,17,22,26,31H,3-4,15-16H2,1-2H3. The predicted octanol–water partition coefficient (Wildman–Crippen LogP) is 6.84. The summed E-state index contributed by atoms with van der Waals surface area (Å²) in [6.07, 6.45) is 0.495. The van der Waals surface area contributed by atoms with Gasteiger partial charge in [-0.15, -0.1) is 11.3 Å². The molecule has 1 N–H and O–H groups in total. The smallest absolute Gasteiger partial charge is 0.311 e. The lowest BCUT2D eigenvalue weighted by molar-refractivity contribution is -0.154. The minimum Gasteiger partial charge on any atom is -0.452 e. The second-order valence-electron chi connectivity index (χ2n) is 8.27. The topological polar surface area (TPSA) is 55.4 Å². The van der Waals surface area contributed by atoms with Gasteiger partial charge >= 0.3 is 5.97 Å². The number of rotatable bonds is 12. The van der Waals surface area contributed by atoms with Crippen LogP contribution < -0.4 is 5.32 Å². The number of Topliss-reactive ketones (excluding diaryl/α,β-unsaturated/α-hetero) is 1. The molecular weight excluding hydrogens is 492 g/mol. The Hall–Kier alpha value is -2.61. The van der Waals surface area contributed by atoms with Crippen molar-refractivity contribution in [3.63, 3.8) is 0 Å². The maximum absolute atomic E-state index is 14.0. The quantitative estimate of drug-likeness (QED) is 0.210. The molecule has 0 aliphatic rings. The van der Waals surface area contributed by atoms with Crippen LogP contribution in [0.5, 0.6) is 0 Å². The number of esters is 1. The summed E-state index contributed by atoms with van der Waals surface area (Å²) in [4.78, 5) is 26.4. The Morgan fingerprint density at radius 1 is 0.971 bits per heavy atom. The molecule has 1 unspecified atom stereocenters. The van der Waals surface area contributed by atoms with Gasteiger partial charge in [-0.1, -0.05) is 62.6 Å². The lowest BCUT2D eigenvalue weighted by atomic mass is 9.87. The Balaban J connectivity index is 1.79. The van der Waals surface area contributed by atoms with Gasteiger partial charge in [-0.25, -0.2) is 8.78 Å². The summed E-state index contributed by atoms with van der Waals surface area (Å²) in [5.41, 5.74) is 0.815. The molecule has 0 aliphatic heterocycles. The van der Waals surface area contributed by atoms with E-state index < -0.39 is 29.6 Å². The monoisotopic (exact) mass is 519 g/mol. The average Bonchev–Trinajstić information content (AvgIpc) is 3.28. The summed E-state index contributed by atoms with van der Waals surface area (Å²) in [7, 11) is 0. The van der Waals surface area contributed by atoms with Crippen LogP contribution in [0.1, 0.15) is 53.6 Å². The number of benzene rings is 2. The van der Waals surface area contributed by atoms with E-state index in [1.807, 2.05) is 13.8 Å². The molecule has 0 saturated heterocycles. The van der Waals surface area contributed by atoms with Gasteiger partial charge in [0.25, 0.3) is 0 Å². The van der Waals surface area contributed by atoms with E-state index in [2.05, 4.69) is 5.32 Å². The third-order valence-electron chi connectivity index (χ3n) is 5.96. The Kier molecular flexibility index (Phi) is 9.95. The minimum atomic E-state index is -0.972. The molecule has 2 aromatic carbocycles. The van der Waals surface area contributed by atoms with Crippen LogP contribution in [0.25, 0.3) is 0 Å². The summed E-state index contributed by atoms with van der Waals surface area (Å²) >= 11 is 7.12. The molecule has 186 valence electrons. The third-order valence-corrected chi connectivity index (χ3v) is 7.23. The van der Waals surface area contributed by atoms with Crippen molar-refractivity contribution in [1.29, 1.82) is 0 Å². The summed E-state index contributed by atoms with van der Waals surface area (Å²) in [6, 6.07) is 14.8. The van der Waals surface area contributed by atoms with Gasteiger partial charge in [0.2, 0.25) is 0 Å². The lowest BCUT2D eigenvalue weighted by Crippen LogP contribution is -2.37. The highest BCUT2D eigenvalue weighted by Crippen LogP contribution is 2.30. The molecule has 0 spiro atoms. The van der Waals surface area contributed by atoms with Crippen molar-refractivity contribution in [1.82, 2.24) is 5.32 Å². The molecule has 8 heteroatoms. The molecule has 0 saturated carbocycles. The first-order chi connectivity index (χ1) is 16.8. The Morgan fingerprint density at radius 3 is 2.06 bits per heavy atom. The average molecular weight is 520 g/mol. The highest BCUT2D eigenvalue weighted by atomic mass is 35.5. The van der Waals surface area contributed by atoms with Crippen LogP contribution in [-0.2, 0) is 9.53 Å². The van der Waals surface area contributed by atoms with Crippen LogP contribution in [0.15, 0.2) is 60.7 Å². The number of thiophene rings is 1. The Labute approximate surface area is 213 Å². The zero-order valence-electron chi connectivity index (χ0n) is 19.6. The Morgan fingerprint density at radius 2 is 1.57 bits per heavy atom. The summed E-state index contributed by atoms with van der Waals surface area (Å²) < 4.78 is 34.4. The van der Waals surface area contributed by atoms with Crippen LogP contribution in [0.4, 0.5) is 8.78 Å². The van der Waals surface area contributed by atoms with E-state index in [0.717, 1.165) is 12.8 Å². The molecule has 3 aromatic rings. The number of hydrogen-bond donors (Lipinski definition) is 1. The van der Waals surface area contributed by atoms with E-state index in [1.54, 1.807) is 24.3 Å². The highest BCUT2D eigenvalue weighted by molar-refractivity contribution is 7.18. The van der Waals surface area contributed by atoms with Gasteiger partial charge in [0.05, 0.1) is 21.7 Å². The van der Waals surface area contributed by atoms with Crippen molar-refractivity contribution in [2.24, 2.45) is 11.8 Å². The van der Waals surface area contributed by atoms with Crippen molar-refractivity contribution < 1.29 is 23.1 Å². The van der Waals surface area contributed by atoms with Crippen LogP contribution in [0, 0.1) is 23.5 Å². The molecule has 1 heterocycles. The molecular formula is C27H28ClF2NO3S. The normalized spacial score (nSPS) is 12.2. The van der Waals surface area contributed by atoms with E-state index >= 15 is 0 Å². The van der Waals surface area contributed by atoms with Gasteiger partial charge < -0.3 is 10.1 Å². The molecule has 35 heavy (non-hydrogen) atoms. The second-order valence-corrected chi connectivity index (χ2v) is 9.98. The first-order valence-corrected chi connectivity index (χ1v) is 12.7. The second kappa shape index (κ2) is 12.9. The van der Waals surface area contributed by atoms with Crippen LogP contribution in [-0.4, -0.2) is 24.8 Å². The number of halogens is 3. The molecule has 0 bridgehead atoms. The van der Waals surface area contributed by atoms with Crippen LogP contribution in [0.3, 0.4) is 0 Å². The van der Waals surface area contributed by atoms with Crippen LogP contribution >= 0.6 is 22.9 Å². The van der Waals surface area contributed by atoms with Crippen molar-refractivity contribution in [2.45, 2.75) is 32.8 Å². The van der Waals surface area contributed by atoms with E-state index in [9.17, 15) is 18.4 Å². The van der Waals surface area contributed by atoms with Crippen molar-refractivity contribution in [3.8, 4) is 0 Å². The number of nitrogens with one attached hydrogen (secondary N) is 1. The minimum absolute atomic E-state index is 0.00181. The first-order valence-electron chi connectivity index (χ1n) is 11.5. The van der Waals surface area contributed by atoms with E-state index in [1.165, 1.54) is 47.7 Å². The van der Waals surface area contributed by atoms with Crippen molar-refractivity contribution >= 4 is 34.7 Å². The fourth-order valence-corrected chi connectivity index (χ4v) is 5.04. The summed E-state index contributed by atoms with van der Waals surface area (Å²) in [5.74, 6) is -2.11. The molecule has 1 aromatic heterocycles. The fraction of sp³-hybridized carbons (Fsp3) is 0.333. The van der Waals surface area contributed by atoms with Gasteiger partial charge in [-0.3, -0.25) is 9.59 Å². The number of carbonyl (C=O) groups excluding carboxylic acids is 2. The van der Waals surface area contributed by atoms with Crippen molar-refractivity contribution in [2.75, 3.05) is 13.1 Å². The fourth-order valence-electron chi connectivity index (χ4n) is 4.06. The number of carbonyl (C=O) groups is 2. The van der Waals surface area contributed by atoms with Gasteiger partial charge in [0, 0.05) is 6.54 Å². The number of ketones is 1. The molecule has 1 atom stereocenters. The molecule has 3 rings (SSSR count). The molecule has 4 nitrogen and oxygen atoms in total. The molecule has 0 aliphatic carbocycles. The summed E-state index contributed by atoms with van der Waals surface area (Å²) in [5, 5.41) is 3.09. The van der Waals surface area contributed by atoms with Gasteiger partial charge in [0.1, 0.15) is 11.6 Å². The molecule has 0 amide bonds. The zero-order valence-corrected chi connectivity index (χ0v) is 21.2. The maximum Gasteiger partial charge on any atom is 0.311 e. The van der Waals surface area contributed by atoms with Gasteiger partial charge in [-0.05, 0) is 53.4 Å².